The van der Waals surface area contributed by atoms with E-state index >= 15 is 0 Å². The lowest BCUT2D eigenvalue weighted by Gasteiger charge is -2.14. The fourth-order valence-electron chi connectivity index (χ4n) is 2.18. The summed E-state index contributed by atoms with van der Waals surface area (Å²) in [5.74, 6) is -1.84. The minimum absolute atomic E-state index is 0.218. The molecule has 5 nitrogen and oxygen atoms in total. The van der Waals surface area contributed by atoms with Crippen LogP contribution < -0.4 is 5.43 Å². The molecule has 2 aromatic rings. The molecule has 1 N–H and O–H groups in total. The predicted molar refractivity (Wildman–Crippen MR) is 76.1 cm³/mol. The minimum Gasteiger partial charge on any atom is -0.481 e. The van der Waals surface area contributed by atoms with Crippen LogP contribution >= 0.6 is 0 Å². The van der Waals surface area contributed by atoms with Crippen molar-refractivity contribution in [2.75, 3.05) is 13.7 Å². The van der Waals surface area contributed by atoms with Crippen LogP contribution in [0.15, 0.2) is 35.3 Å². The van der Waals surface area contributed by atoms with E-state index in [0.29, 0.717) is 24.1 Å². The summed E-state index contributed by atoms with van der Waals surface area (Å²) in [5, 5.41) is 9.66. The lowest BCUT2D eigenvalue weighted by atomic mass is 10.0. The maximum Gasteiger partial charge on any atom is 0.310 e. The first kappa shape index (κ1) is 14.3. The Bertz CT molecular complexity index is 690. The number of carboxylic acid groups (broad SMARTS) is 1. The monoisotopic (exact) mass is 275 g/mol. The summed E-state index contributed by atoms with van der Waals surface area (Å²) in [6.07, 6.45) is 1.63. The lowest BCUT2D eigenvalue weighted by molar-refractivity contribution is -0.138. The van der Waals surface area contributed by atoms with Gasteiger partial charge in [-0.3, -0.25) is 9.59 Å². The molecule has 106 valence electrons. The number of hydrogen-bond acceptors (Lipinski definition) is 3. The first-order chi connectivity index (χ1) is 9.56. The normalized spacial score (nSPS) is 12.5. The van der Waals surface area contributed by atoms with E-state index in [1.165, 1.54) is 6.92 Å². The van der Waals surface area contributed by atoms with Crippen molar-refractivity contribution >= 4 is 16.9 Å². The fourth-order valence-corrected chi connectivity index (χ4v) is 2.18. The highest BCUT2D eigenvalue weighted by molar-refractivity contribution is 5.82. The molecular weight excluding hydrogens is 258 g/mol. The molecule has 1 aromatic carbocycles. The maximum absolute atomic E-state index is 12.4. The summed E-state index contributed by atoms with van der Waals surface area (Å²) in [5.41, 5.74) is 0.868. The van der Waals surface area contributed by atoms with Gasteiger partial charge in [0.1, 0.15) is 0 Å². The quantitative estimate of drug-likeness (QED) is 0.904. The number of hydrogen-bond donors (Lipinski definition) is 1. The van der Waals surface area contributed by atoms with E-state index in [4.69, 9.17) is 9.84 Å². The third-order valence-electron chi connectivity index (χ3n) is 3.39. The molecular formula is C15H17NO4. The number of rotatable bonds is 5. The summed E-state index contributed by atoms with van der Waals surface area (Å²) in [7, 11) is 1.60. The Morgan fingerprint density at radius 1 is 1.40 bits per heavy atom. The van der Waals surface area contributed by atoms with E-state index in [2.05, 4.69) is 0 Å². The van der Waals surface area contributed by atoms with Crippen molar-refractivity contribution in [2.45, 2.75) is 19.4 Å². The Balaban J connectivity index is 2.68. The summed E-state index contributed by atoms with van der Waals surface area (Å²) < 4.78 is 6.93. The molecule has 0 saturated heterocycles. The second-order valence-electron chi connectivity index (χ2n) is 4.68. The number of carboxylic acids is 1. The van der Waals surface area contributed by atoms with E-state index in [1.807, 2.05) is 16.7 Å². The standard InChI is InChI=1S/C15H17NO4/c1-10(15(18)19)12-9-16(7-8-20-2)13-6-4-3-5-11(13)14(12)17/h3-6,9-10H,7-8H2,1-2H3,(H,18,19). The largest absolute Gasteiger partial charge is 0.481 e. The lowest BCUT2D eigenvalue weighted by Crippen LogP contribution is -2.21. The van der Waals surface area contributed by atoms with Crippen LogP contribution in [0.25, 0.3) is 10.9 Å². The average Bonchev–Trinajstić information content (AvgIpc) is 2.46. The van der Waals surface area contributed by atoms with Gasteiger partial charge in [0, 0.05) is 30.8 Å². The van der Waals surface area contributed by atoms with Crippen molar-refractivity contribution in [3.63, 3.8) is 0 Å². The Kier molecular flexibility index (Phi) is 4.20. The van der Waals surface area contributed by atoms with Crippen LogP contribution in [0.2, 0.25) is 0 Å². The van der Waals surface area contributed by atoms with Gasteiger partial charge in [-0.25, -0.2) is 0 Å². The zero-order valence-electron chi connectivity index (χ0n) is 11.5. The number of methoxy groups -OCH3 is 1. The molecule has 2 rings (SSSR count). The summed E-state index contributed by atoms with van der Waals surface area (Å²) >= 11 is 0. The highest BCUT2D eigenvalue weighted by atomic mass is 16.5. The van der Waals surface area contributed by atoms with Crippen LogP contribution in [0, 0.1) is 0 Å². The zero-order chi connectivity index (χ0) is 14.7. The van der Waals surface area contributed by atoms with Crippen molar-refractivity contribution in [3.05, 3.63) is 46.2 Å². The predicted octanol–water partition coefficient (Wildman–Crippen LogP) is 1.84. The number of aliphatic carboxylic acids is 1. The third-order valence-corrected chi connectivity index (χ3v) is 3.39. The van der Waals surface area contributed by atoms with Crippen LogP contribution in [-0.2, 0) is 16.1 Å². The topological polar surface area (TPSA) is 68.5 Å². The Labute approximate surface area is 116 Å². The van der Waals surface area contributed by atoms with Gasteiger partial charge in [-0.2, -0.15) is 0 Å². The number of fused-ring (bicyclic) bond motifs is 1. The summed E-state index contributed by atoms with van der Waals surface area (Å²) in [6, 6.07) is 7.20. The van der Waals surface area contributed by atoms with Crippen LogP contribution in [0.4, 0.5) is 0 Å². The molecule has 1 heterocycles. The molecule has 0 aliphatic carbocycles. The second kappa shape index (κ2) is 5.88. The first-order valence-corrected chi connectivity index (χ1v) is 6.40. The van der Waals surface area contributed by atoms with Gasteiger partial charge in [-0.1, -0.05) is 12.1 Å². The summed E-state index contributed by atoms with van der Waals surface area (Å²) in [6.45, 7) is 2.58. The smallest absolute Gasteiger partial charge is 0.310 e. The van der Waals surface area contributed by atoms with Gasteiger partial charge in [-0.15, -0.1) is 0 Å². The van der Waals surface area contributed by atoms with Gasteiger partial charge < -0.3 is 14.4 Å². The second-order valence-corrected chi connectivity index (χ2v) is 4.68. The molecule has 0 amide bonds. The minimum atomic E-state index is -1.00. The zero-order valence-corrected chi connectivity index (χ0v) is 11.5. The van der Waals surface area contributed by atoms with Gasteiger partial charge in [0.2, 0.25) is 0 Å². The number of ether oxygens (including phenoxy) is 1. The van der Waals surface area contributed by atoms with Crippen molar-refractivity contribution in [1.82, 2.24) is 4.57 Å². The van der Waals surface area contributed by atoms with E-state index in [0.717, 1.165) is 5.52 Å². The number of nitrogens with zero attached hydrogens (tertiary/aromatic N) is 1. The molecule has 0 spiro atoms. The molecule has 1 aromatic heterocycles. The average molecular weight is 275 g/mol. The molecule has 0 bridgehead atoms. The van der Waals surface area contributed by atoms with E-state index < -0.39 is 11.9 Å². The van der Waals surface area contributed by atoms with Gasteiger partial charge in [0.15, 0.2) is 5.43 Å². The van der Waals surface area contributed by atoms with Crippen molar-refractivity contribution in [2.24, 2.45) is 0 Å². The number of aromatic nitrogens is 1. The molecule has 0 aliphatic heterocycles. The van der Waals surface area contributed by atoms with Gasteiger partial charge >= 0.3 is 5.97 Å². The van der Waals surface area contributed by atoms with Gasteiger partial charge in [0.25, 0.3) is 0 Å². The number of benzene rings is 1. The van der Waals surface area contributed by atoms with E-state index in [9.17, 15) is 9.59 Å². The van der Waals surface area contributed by atoms with Crippen LogP contribution in [-0.4, -0.2) is 29.4 Å². The van der Waals surface area contributed by atoms with Crippen LogP contribution in [0.3, 0.4) is 0 Å². The first-order valence-electron chi connectivity index (χ1n) is 6.40. The molecule has 5 heteroatoms. The number of pyridine rings is 1. The SMILES string of the molecule is COCCn1cc(C(C)C(=O)O)c(=O)c2ccccc21. The molecule has 0 fully saturated rings. The van der Waals surface area contributed by atoms with Crippen molar-refractivity contribution in [1.29, 1.82) is 0 Å². The van der Waals surface area contributed by atoms with Crippen LogP contribution in [0.1, 0.15) is 18.4 Å². The molecule has 0 saturated carbocycles. The Morgan fingerprint density at radius 2 is 2.10 bits per heavy atom. The molecule has 1 unspecified atom stereocenters. The summed E-state index contributed by atoms with van der Waals surface area (Å²) in [4.78, 5) is 23.5. The molecule has 1 atom stereocenters. The van der Waals surface area contributed by atoms with E-state index in [1.54, 1.807) is 25.4 Å². The molecule has 20 heavy (non-hydrogen) atoms. The van der Waals surface area contributed by atoms with Crippen LogP contribution in [0.5, 0.6) is 0 Å². The molecule has 0 aliphatic rings. The third kappa shape index (κ3) is 2.58. The van der Waals surface area contributed by atoms with E-state index in [-0.39, 0.29) is 5.43 Å². The fraction of sp³-hybridized carbons (Fsp3) is 0.333. The maximum atomic E-state index is 12.4. The van der Waals surface area contributed by atoms with Crippen molar-refractivity contribution in [3.8, 4) is 0 Å². The van der Waals surface area contributed by atoms with Crippen molar-refractivity contribution < 1.29 is 14.6 Å². The highest BCUT2D eigenvalue weighted by Crippen LogP contribution is 2.17. The number of para-hydroxylation sites is 1. The Hall–Kier alpha value is -2.14. The Morgan fingerprint density at radius 3 is 2.75 bits per heavy atom. The van der Waals surface area contributed by atoms with Gasteiger partial charge in [0.05, 0.1) is 18.0 Å². The molecule has 0 radical (unpaired) electrons. The number of carbonyl (C=O) groups is 1. The highest BCUT2D eigenvalue weighted by Gasteiger charge is 2.19. The van der Waals surface area contributed by atoms with Gasteiger partial charge in [-0.05, 0) is 19.1 Å².